The van der Waals surface area contributed by atoms with Gasteiger partial charge in [0.15, 0.2) is 11.5 Å². The number of anilines is 1. The monoisotopic (exact) mass is 273 g/mol. The predicted molar refractivity (Wildman–Crippen MR) is 67.9 cm³/mol. The van der Waals surface area contributed by atoms with Crippen LogP contribution in [-0.2, 0) is 7.05 Å². The molecule has 0 aromatic carbocycles. The minimum atomic E-state index is -0.405. The van der Waals surface area contributed by atoms with Crippen LogP contribution in [0.1, 0.15) is 16.1 Å². The standard InChI is InChI=1S/C12H11N5O3/c1-7-6-17(2)16-9(7)10(18)13-12-15-14-11(20-12)8-4-3-5-19-8/h3-6H,1-2H3,(H,13,15,18). The molecular formula is C12H11N5O3. The highest BCUT2D eigenvalue weighted by atomic mass is 16.4. The van der Waals surface area contributed by atoms with Crippen LogP contribution in [0.4, 0.5) is 6.01 Å². The summed E-state index contributed by atoms with van der Waals surface area (Å²) in [5.41, 5.74) is 1.07. The molecule has 3 aromatic heterocycles. The topological polar surface area (TPSA) is 99.0 Å². The number of hydrogen-bond acceptors (Lipinski definition) is 6. The lowest BCUT2D eigenvalue weighted by molar-refractivity contribution is 0.101. The van der Waals surface area contributed by atoms with Crippen LogP contribution in [0.2, 0.25) is 0 Å². The highest BCUT2D eigenvalue weighted by Crippen LogP contribution is 2.20. The van der Waals surface area contributed by atoms with Gasteiger partial charge in [0.25, 0.3) is 11.8 Å². The molecule has 0 saturated carbocycles. The van der Waals surface area contributed by atoms with Gasteiger partial charge in [-0.1, -0.05) is 5.10 Å². The lowest BCUT2D eigenvalue weighted by atomic mass is 10.3. The number of aryl methyl sites for hydroxylation is 2. The summed E-state index contributed by atoms with van der Waals surface area (Å²) in [6.07, 6.45) is 3.24. The summed E-state index contributed by atoms with van der Waals surface area (Å²) in [5.74, 6) is 0.229. The molecule has 102 valence electrons. The average molecular weight is 273 g/mol. The van der Waals surface area contributed by atoms with Gasteiger partial charge < -0.3 is 8.83 Å². The molecule has 8 heteroatoms. The van der Waals surface area contributed by atoms with Gasteiger partial charge in [0, 0.05) is 18.8 Å². The van der Waals surface area contributed by atoms with Crippen LogP contribution in [0.15, 0.2) is 33.4 Å². The number of amides is 1. The predicted octanol–water partition coefficient (Wildman–Crippen LogP) is 1.62. The molecule has 0 spiro atoms. The molecule has 0 radical (unpaired) electrons. The second-order valence-corrected chi connectivity index (χ2v) is 4.18. The Morgan fingerprint density at radius 1 is 1.40 bits per heavy atom. The third-order valence-electron chi connectivity index (χ3n) is 2.60. The van der Waals surface area contributed by atoms with Crippen molar-refractivity contribution >= 4 is 11.9 Å². The van der Waals surface area contributed by atoms with Crippen molar-refractivity contribution in [1.29, 1.82) is 0 Å². The normalized spacial score (nSPS) is 10.7. The number of carbonyl (C=O) groups excluding carboxylic acids is 1. The van der Waals surface area contributed by atoms with Crippen LogP contribution >= 0.6 is 0 Å². The van der Waals surface area contributed by atoms with Crippen LogP contribution in [-0.4, -0.2) is 25.9 Å². The van der Waals surface area contributed by atoms with E-state index in [9.17, 15) is 4.79 Å². The van der Waals surface area contributed by atoms with Gasteiger partial charge >= 0.3 is 6.01 Å². The Kier molecular flexibility index (Phi) is 2.82. The summed E-state index contributed by atoms with van der Waals surface area (Å²) >= 11 is 0. The summed E-state index contributed by atoms with van der Waals surface area (Å²) < 4.78 is 12.0. The lowest BCUT2D eigenvalue weighted by Gasteiger charge is -1.97. The van der Waals surface area contributed by atoms with E-state index < -0.39 is 5.91 Å². The maximum absolute atomic E-state index is 12.0. The third-order valence-corrected chi connectivity index (χ3v) is 2.60. The van der Waals surface area contributed by atoms with Crippen LogP contribution in [0.25, 0.3) is 11.7 Å². The third kappa shape index (κ3) is 2.18. The SMILES string of the molecule is Cc1cn(C)nc1C(=O)Nc1nnc(-c2ccco2)o1. The van der Waals surface area contributed by atoms with Crippen molar-refractivity contribution in [1.82, 2.24) is 20.0 Å². The quantitative estimate of drug-likeness (QED) is 0.778. The van der Waals surface area contributed by atoms with Crippen molar-refractivity contribution in [2.75, 3.05) is 5.32 Å². The van der Waals surface area contributed by atoms with E-state index in [0.717, 1.165) is 5.56 Å². The molecule has 20 heavy (non-hydrogen) atoms. The number of carbonyl (C=O) groups is 1. The summed E-state index contributed by atoms with van der Waals surface area (Å²) in [5, 5.41) is 14.1. The maximum atomic E-state index is 12.0. The molecule has 0 aliphatic carbocycles. The zero-order valence-corrected chi connectivity index (χ0v) is 10.8. The molecule has 0 fully saturated rings. The molecule has 8 nitrogen and oxygen atoms in total. The fraction of sp³-hybridized carbons (Fsp3) is 0.167. The van der Waals surface area contributed by atoms with E-state index >= 15 is 0 Å². The summed E-state index contributed by atoms with van der Waals surface area (Å²) in [4.78, 5) is 12.0. The van der Waals surface area contributed by atoms with Crippen molar-refractivity contribution in [2.45, 2.75) is 6.92 Å². The molecule has 3 aromatic rings. The van der Waals surface area contributed by atoms with E-state index in [1.165, 1.54) is 6.26 Å². The smallest absolute Gasteiger partial charge is 0.322 e. The number of rotatable bonds is 3. The molecule has 3 rings (SSSR count). The Morgan fingerprint density at radius 2 is 2.25 bits per heavy atom. The Hall–Kier alpha value is -2.90. The van der Waals surface area contributed by atoms with Gasteiger partial charge in [0.1, 0.15) is 0 Å². The number of hydrogen-bond donors (Lipinski definition) is 1. The Morgan fingerprint density at radius 3 is 2.90 bits per heavy atom. The molecular weight excluding hydrogens is 262 g/mol. The van der Waals surface area contributed by atoms with E-state index in [0.29, 0.717) is 11.5 Å². The number of aromatic nitrogens is 4. The first-order chi connectivity index (χ1) is 9.63. The minimum absolute atomic E-state index is 0.00791. The van der Waals surface area contributed by atoms with E-state index in [2.05, 4.69) is 20.6 Å². The van der Waals surface area contributed by atoms with Crippen molar-refractivity contribution in [3.8, 4) is 11.7 Å². The highest BCUT2D eigenvalue weighted by Gasteiger charge is 2.17. The van der Waals surface area contributed by atoms with Crippen LogP contribution < -0.4 is 5.32 Å². The van der Waals surface area contributed by atoms with Gasteiger partial charge in [-0.05, 0) is 19.1 Å². The van der Waals surface area contributed by atoms with Crippen molar-refractivity contribution in [3.63, 3.8) is 0 Å². The van der Waals surface area contributed by atoms with Crippen LogP contribution in [0, 0.1) is 6.92 Å². The Labute approximate surface area is 113 Å². The maximum Gasteiger partial charge on any atom is 0.322 e. The van der Waals surface area contributed by atoms with E-state index in [1.807, 2.05) is 0 Å². The minimum Gasteiger partial charge on any atom is -0.459 e. The van der Waals surface area contributed by atoms with Crippen molar-refractivity contribution < 1.29 is 13.6 Å². The lowest BCUT2D eigenvalue weighted by Crippen LogP contribution is -2.14. The van der Waals surface area contributed by atoms with Crippen molar-refractivity contribution in [3.05, 3.63) is 35.9 Å². The summed E-state index contributed by atoms with van der Waals surface area (Å²) in [7, 11) is 1.74. The van der Waals surface area contributed by atoms with Gasteiger partial charge in [0.05, 0.1) is 6.26 Å². The van der Waals surface area contributed by atoms with E-state index in [4.69, 9.17) is 8.83 Å². The fourth-order valence-electron chi connectivity index (χ4n) is 1.76. The Balaban J connectivity index is 1.78. The highest BCUT2D eigenvalue weighted by molar-refractivity contribution is 6.02. The fourth-order valence-corrected chi connectivity index (χ4v) is 1.76. The molecule has 0 bridgehead atoms. The second kappa shape index (κ2) is 4.65. The number of nitrogens with one attached hydrogen (secondary N) is 1. The largest absolute Gasteiger partial charge is 0.459 e. The van der Waals surface area contributed by atoms with Crippen molar-refractivity contribution in [2.24, 2.45) is 7.05 Å². The zero-order valence-electron chi connectivity index (χ0n) is 10.8. The molecule has 0 atom stereocenters. The zero-order chi connectivity index (χ0) is 14.1. The van der Waals surface area contributed by atoms with Gasteiger partial charge in [0.2, 0.25) is 0 Å². The van der Waals surface area contributed by atoms with Gasteiger partial charge in [-0.15, -0.1) is 5.10 Å². The van der Waals surface area contributed by atoms with Gasteiger partial charge in [-0.3, -0.25) is 14.8 Å². The van der Waals surface area contributed by atoms with Gasteiger partial charge in [-0.25, -0.2) is 0 Å². The molecule has 0 aliphatic rings. The van der Waals surface area contributed by atoms with E-state index in [1.54, 1.807) is 37.0 Å². The second-order valence-electron chi connectivity index (χ2n) is 4.18. The van der Waals surface area contributed by atoms with E-state index in [-0.39, 0.29) is 11.9 Å². The summed E-state index contributed by atoms with van der Waals surface area (Å²) in [6, 6.07) is 3.38. The Bertz CT molecular complexity index is 741. The first-order valence-corrected chi connectivity index (χ1v) is 5.82. The molecule has 1 N–H and O–H groups in total. The number of nitrogens with zero attached hydrogens (tertiary/aromatic N) is 4. The molecule has 0 unspecified atom stereocenters. The molecule has 1 amide bonds. The average Bonchev–Trinajstić information content (AvgIpc) is 3.09. The molecule has 0 aliphatic heterocycles. The van der Waals surface area contributed by atoms with Crippen LogP contribution in [0.5, 0.6) is 0 Å². The summed E-state index contributed by atoms with van der Waals surface area (Å²) in [6.45, 7) is 1.80. The molecule has 3 heterocycles. The van der Waals surface area contributed by atoms with Crippen LogP contribution in [0.3, 0.4) is 0 Å². The molecule has 0 saturated heterocycles. The first-order valence-electron chi connectivity index (χ1n) is 5.82. The van der Waals surface area contributed by atoms with Gasteiger partial charge in [-0.2, -0.15) is 5.10 Å². The first kappa shape index (κ1) is 12.2. The number of furan rings is 1.